The first-order chi connectivity index (χ1) is 11.6. The summed E-state index contributed by atoms with van der Waals surface area (Å²) in [7, 11) is 0. The third-order valence-corrected chi connectivity index (χ3v) is 7.35. The van der Waals surface area contributed by atoms with Crippen LogP contribution in [0.15, 0.2) is 23.8 Å². The Kier molecular flexibility index (Phi) is 3.89. The van der Waals surface area contributed by atoms with E-state index in [1.165, 1.54) is 44.1 Å². The molecule has 2 saturated carbocycles. The van der Waals surface area contributed by atoms with Gasteiger partial charge in [-0.3, -0.25) is 0 Å². The van der Waals surface area contributed by atoms with E-state index in [0.29, 0.717) is 17.9 Å². The number of benzene rings is 1. The van der Waals surface area contributed by atoms with Crippen LogP contribution in [0.3, 0.4) is 0 Å². The Morgan fingerprint density at radius 1 is 1.25 bits per heavy atom. The predicted octanol–water partition coefficient (Wildman–Crippen LogP) is 5.47. The number of nitrogen functional groups attached to an aromatic ring is 1. The first kappa shape index (κ1) is 16.1. The summed E-state index contributed by atoms with van der Waals surface area (Å²) in [5.74, 6) is 3.31. The van der Waals surface area contributed by atoms with E-state index in [4.69, 9.17) is 10.5 Å². The van der Waals surface area contributed by atoms with E-state index >= 15 is 0 Å². The Morgan fingerprint density at radius 3 is 2.83 bits per heavy atom. The van der Waals surface area contributed by atoms with Crippen molar-refractivity contribution in [1.29, 1.82) is 0 Å². The molecule has 2 heteroatoms. The highest BCUT2D eigenvalue weighted by Crippen LogP contribution is 2.63. The van der Waals surface area contributed by atoms with Crippen LogP contribution in [0.1, 0.15) is 69.9 Å². The summed E-state index contributed by atoms with van der Waals surface area (Å²) in [5.41, 5.74) is 12.2. The largest absolute Gasteiger partial charge is 0.492 e. The molecule has 0 amide bonds. The standard InChI is InChI=1S/C22H31NO/c1-4-15-7-9-19-17-8-6-14-12-20(23)21(24-5-2)13-18(14)16(17)10-11-22(15,19)3/h4,12-13,16-17,19H,5-11,23H2,1-3H3/t16?,17?,19?,22-/m1/s1. The van der Waals surface area contributed by atoms with Gasteiger partial charge < -0.3 is 10.5 Å². The summed E-state index contributed by atoms with van der Waals surface area (Å²) in [6.07, 6.45) is 10.3. The summed E-state index contributed by atoms with van der Waals surface area (Å²) in [6, 6.07) is 4.47. The average molecular weight is 325 g/mol. The van der Waals surface area contributed by atoms with Crippen LogP contribution < -0.4 is 10.5 Å². The van der Waals surface area contributed by atoms with Gasteiger partial charge in [0.2, 0.25) is 0 Å². The van der Waals surface area contributed by atoms with Gasteiger partial charge in [-0.2, -0.15) is 0 Å². The molecule has 3 unspecified atom stereocenters. The number of aryl methyl sites for hydroxylation is 1. The zero-order valence-corrected chi connectivity index (χ0v) is 15.4. The van der Waals surface area contributed by atoms with Crippen molar-refractivity contribution < 1.29 is 4.74 Å². The lowest BCUT2D eigenvalue weighted by atomic mass is 9.55. The molecule has 4 rings (SSSR count). The number of nitrogens with two attached hydrogens (primary N) is 1. The normalized spacial score (nSPS) is 36.1. The minimum Gasteiger partial charge on any atom is -0.492 e. The van der Waals surface area contributed by atoms with E-state index in [9.17, 15) is 0 Å². The number of ether oxygens (including phenoxy) is 1. The summed E-state index contributed by atoms with van der Waals surface area (Å²) in [4.78, 5) is 0. The molecule has 1 aromatic carbocycles. The molecule has 2 N–H and O–H groups in total. The van der Waals surface area contributed by atoms with Gasteiger partial charge in [0.25, 0.3) is 0 Å². The number of rotatable bonds is 2. The van der Waals surface area contributed by atoms with Crippen molar-refractivity contribution in [2.24, 2.45) is 17.3 Å². The molecule has 0 saturated heterocycles. The van der Waals surface area contributed by atoms with Crippen molar-refractivity contribution in [3.05, 3.63) is 34.9 Å². The quantitative estimate of drug-likeness (QED) is 0.578. The van der Waals surface area contributed by atoms with E-state index in [0.717, 1.165) is 23.3 Å². The van der Waals surface area contributed by atoms with E-state index in [-0.39, 0.29) is 0 Å². The molecule has 0 radical (unpaired) electrons. The topological polar surface area (TPSA) is 35.2 Å². The fraction of sp³-hybridized carbons (Fsp3) is 0.636. The molecule has 130 valence electrons. The number of fused-ring (bicyclic) bond motifs is 5. The highest BCUT2D eigenvalue weighted by Gasteiger charge is 2.52. The third-order valence-electron chi connectivity index (χ3n) is 7.35. The maximum atomic E-state index is 6.21. The molecule has 2 nitrogen and oxygen atoms in total. The Labute approximate surface area is 146 Å². The smallest absolute Gasteiger partial charge is 0.142 e. The highest BCUT2D eigenvalue weighted by molar-refractivity contribution is 5.58. The highest BCUT2D eigenvalue weighted by atomic mass is 16.5. The van der Waals surface area contributed by atoms with Gasteiger partial charge in [-0.15, -0.1) is 0 Å². The second-order valence-electron chi connectivity index (χ2n) is 8.25. The van der Waals surface area contributed by atoms with Gasteiger partial charge in [0, 0.05) is 0 Å². The third kappa shape index (κ3) is 2.22. The monoisotopic (exact) mass is 325 g/mol. The molecule has 3 aliphatic carbocycles. The minimum atomic E-state index is 0.462. The maximum absolute atomic E-state index is 6.21. The molecule has 4 atom stereocenters. The summed E-state index contributed by atoms with van der Waals surface area (Å²) in [5, 5.41) is 0. The molecular formula is C22H31NO. The fourth-order valence-corrected chi connectivity index (χ4v) is 6.22. The average Bonchev–Trinajstić information content (AvgIpc) is 2.92. The van der Waals surface area contributed by atoms with Crippen LogP contribution in [0.25, 0.3) is 0 Å². The number of allylic oxidation sites excluding steroid dienone is 2. The molecular weight excluding hydrogens is 294 g/mol. The van der Waals surface area contributed by atoms with Gasteiger partial charge in [-0.1, -0.05) is 18.6 Å². The van der Waals surface area contributed by atoms with Crippen LogP contribution in [0, 0.1) is 17.3 Å². The van der Waals surface area contributed by atoms with Crippen LogP contribution in [0.4, 0.5) is 5.69 Å². The Bertz CT molecular complexity index is 677. The van der Waals surface area contributed by atoms with E-state index in [1.54, 1.807) is 11.1 Å². The Balaban J connectivity index is 1.70. The van der Waals surface area contributed by atoms with Crippen LogP contribution in [0.5, 0.6) is 5.75 Å². The van der Waals surface area contributed by atoms with Crippen LogP contribution in [-0.2, 0) is 6.42 Å². The first-order valence-electron chi connectivity index (χ1n) is 9.79. The van der Waals surface area contributed by atoms with Gasteiger partial charge in [-0.05, 0) is 98.8 Å². The first-order valence-corrected chi connectivity index (χ1v) is 9.79. The molecule has 24 heavy (non-hydrogen) atoms. The van der Waals surface area contributed by atoms with Gasteiger partial charge in [0.05, 0.1) is 12.3 Å². The zero-order valence-electron chi connectivity index (χ0n) is 15.4. The molecule has 0 aliphatic heterocycles. The molecule has 0 spiro atoms. The van der Waals surface area contributed by atoms with Crippen molar-refractivity contribution in [3.8, 4) is 5.75 Å². The molecule has 3 aliphatic rings. The van der Waals surface area contributed by atoms with E-state index in [2.05, 4.69) is 32.1 Å². The SMILES string of the molecule is CC=C1CCC2C3CCc4cc(N)c(OCC)cc4C3CC[C@]12C. The van der Waals surface area contributed by atoms with Crippen molar-refractivity contribution in [3.63, 3.8) is 0 Å². The lowest BCUT2D eigenvalue weighted by Crippen LogP contribution is -2.40. The predicted molar refractivity (Wildman–Crippen MR) is 100 cm³/mol. The number of hydrogen-bond donors (Lipinski definition) is 1. The zero-order chi connectivity index (χ0) is 16.9. The molecule has 1 aromatic rings. The van der Waals surface area contributed by atoms with Crippen molar-refractivity contribution in [1.82, 2.24) is 0 Å². The lowest BCUT2D eigenvalue weighted by Gasteiger charge is -2.49. The maximum Gasteiger partial charge on any atom is 0.142 e. The van der Waals surface area contributed by atoms with Gasteiger partial charge in [-0.25, -0.2) is 0 Å². The van der Waals surface area contributed by atoms with E-state index in [1.807, 2.05) is 6.92 Å². The second-order valence-corrected chi connectivity index (χ2v) is 8.25. The summed E-state index contributed by atoms with van der Waals surface area (Å²) >= 11 is 0. The minimum absolute atomic E-state index is 0.462. The van der Waals surface area contributed by atoms with Crippen molar-refractivity contribution in [2.75, 3.05) is 12.3 Å². The van der Waals surface area contributed by atoms with Crippen LogP contribution in [-0.4, -0.2) is 6.61 Å². The van der Waals surface area contributed by atoms with Gasteiger partial charge >= 0.3 is 0 Å². The lowest BCUT2D eigenvalue weighted by molar-refractivity contribution is 0.0812. The molecule has 0 heterocycles. The van der Waals surface area contributed by atoms with Gasteiger partial charge in [0.1, 0.15) is 5.75 Å². The summed E-state index contributed by atoms with van der Waals surface area (Å²) in [6.45, 7) is 7.50. The number of hydrogen-bond acceptors (Lipinski definition) is 2. The number of anilines is 1. The molecule has 2 fully saturated rings. The van der Waals surface area contributed by atoms with Gasteiger partial charge in [0.15, 0.2) is 0 Å². The molecule has 0 bridgehead atoms. The summed E-state index contributed by atoms with van der Waals surface area (Å²) < 4.78 is 5.79. The van der Waals surface area contributed by atoms with Crippen LogP contribution in [0.2, 0.25) is 0 Å². The Hall–Kier alpha value is -1.44. The van der Waals surface area contributed by atoms with E-state index < -0.39 is 0 Å². The Morgan fingerprint density at radius 2 is 2.08 bits per heavy atom. The van der Waals surface area contributed by atoms with Crippen LogP contribution >= 0.6 is 0 Å². The second kappa shape index (κ2) is 5.82. The van der Waals surface area contributed by atoms with Crippen molar-refractivity contribution >= 4 is 5.69 Å². The molecule has 0 aromatic heterocycles. The fourth-order valence-electron chi connectivity index (χ4n) is 6.22. The van der Waals surface area contributed by atoms with Crippen molar-refractivity contribution in [2.45, 2.75) is 65.2 Å².